The summed E-state index contributed by atoms with van der Waals surface area (Å²) in [6, 6.07) is 5.97. The van der Waals surface area contributed by atoms with Crippen LogP contribution in [0.2, 0.25) is 0 Å². The minimum atomic E-state index is -0.837. The molecule has 0 aliphatic heterocycles. The van der Waals surface area contributed by atoms with Gasteiger partial charge >= 0.3 is 0 Å². The van der Waals surface area contributed by atoms with Crippen LogP contribution < -0.4 is 11.5 Å². The molecule has 14 heavy (non-hydrogen) atoms. The van der Waals surface area contributed by atoms with E-state index in [0.29, 0.717) is 0 Å². The highest BCUT2D eigenvalue weighted by Gasteiger charge is 2.16. The minimum absolute atomic E-state index is 0.0310. The lowest BCUT2D eigenvalue weighted by molar-refractivity contribution is 0.0967. The Labute approximate surface area is 79.9 Å². The number of nitrogens with zero attached hydrogens (tertiary/aromatic N) is 1. The minimum Gasteiger partial charge on any atom is -0.366 e. The molecule has 0 radical (unpaired) electrons. The molecule has 0 spiro atoms. The van der Waals surface area contributed by atoms with E-state index in [1.165, 1.54) is 18.2 Å². The van der Waals surface area contributed by atoms with Crippen molar-refractivity contribution in [2.24, 2.45) is 11.5 Å². The van der Waals surface area contributed by atoms with Crippen LogP contribution in [0.15, 0.2) is 18.2 Å². The van der Waals surface area contributed by atoms with Gasteiger partial charge in [-0.05, 0) is 12.1 Å². The van der Waals surface area contributed by atoms with Crippen molar-refractivity contribution >= 4 is 11.8 Å². The third kappa shape index (κ3) is 1.54. The molecule has 0 atom stereocenters. The van der Waals surface area contributed by atoms with E-state index in [0.717, 1.165) is 0 Å². The number of benzene rings is 1. The van der Waals surface area contributed by atoms with Crippen molar-refractivity contribution in [3.05, 3.63) is 34.9 Å². The molecule has 4 N–H and O–H groups in total. The third-order valence-electron chi connectivity index (χ3n) is 1.70. The van der Waals surface area contributed by atoms with Gasteiger partial charge in [-0.25, -0.2) is 0 Å². The van der Waals surface area contributed by atoms with Crippen molar-refractivity contribution in [2.75, 3.05) is 0 Å². The molecule has 2 amide bonds. The van der Waals surface area contributed by atoms with Gasteiger partial charge in [0.1, 0.15) is 0 Å². The van der Waals surface area contributed by atoms with Gasteiger partial charge in [-0.1, -0.05) is 6.07 Å². The van der Waals surface area contributed by atoms with Gasteiger partial charge in [0.2, 0.25) is 5.91 Å². The second kappa shape index (κ2) is 3.58. The lowest BCUT2D eigenvalue weighted by Crippen LogP contribution is -2.21. The lowest BCUT2D eigenvalue weighted by atomic mass is 10.0. The van der Waals surface area contributed by atoms with E-state index >= 15 is 0 Å². The highest BCUT2D eigenvalue weighted by Crippen LogP contribution is 2.12. The summed E-state index contributed by atoms with van der Waals surface area (Å²) in [5.41, 5.74) is 9.95. The van der Waals surface area contributed by atoms with E-state index in [-0.39, 0.29) is 16.7 Å². The predicted octanol–water partition coefficient (Wildman–Crippen LogP) is -0.244. The second-order valence-corrected chi connectivity index (χ2v) is 2.57. The zero-order valence-electron chi connectivity index (χ0n) is 7.15. The van der Waals surface area contributed by atoms with Crippen LogP contribution in [0.1, 0.15) is 26.3 Å². The van der Waals surface area contributed by atoms with Crippen molar-refractivity contribution in [2.45, 2.75) is 0 Å². The molecule has 1 aromatic carbocycles. The van der Waals surface area contributed by atoms with Crippen LogP contribution in [0.25, 0.3) is 0 Å². The van der Waals surface area contributed by atoms with Gasteiger partial charge in [-0.2, -0.15) is 5.26 Å². The van der Waals surface area contributed by atoms with Crippen molar-refractivity contribution in [1.82, 2.24) is 0 Å². The normalized spacial score (nSPS) is 9.07. The van der Waals surface area contributed by atoms with E-state index < -0.39 is 11.8 Å². The summed E-state index contributed by atoms with van der Waals surface area (Å²) in [4.78, 5) is 21.9. The van der Waals surface area contributed by atoms with E-state index in [4.69, 9.17) is 16.7 Å². The van der Waals surface area contributed by atoms with Crippen molar-refractivity contribution < 1.29 is 9.59 Å². The number of nitriles is 1. The molecule has 0 unspecified atom stereocenters. The van der Waals surface area contributed by atoms with Crippen LogP contribution in [0.5, 0.6) is 0 Å². The number of carbonyl (C=O) groups is 2. The zero-order valence-corrected chi connectivity index (χ0v) is 7.15. The molecule has 0 fully saturated rings. The Kier molecular flexibility index (Phi) is 2.49. The molecule has 0 bridgehead atoms. The van der Waals surface area contributed by atoms with Crippen LogP contribution in [0, 0.1) is 11.3 Å². The van der Waals surface area contributed by atoms with E-state index in [9.17, 15) is 9.59 Å². The molecule has 1 rings (SSSR count). The van der Waals surface area contributed by atoms with Gasteiger partial charge < -0.3 is 11.5 Å². The number of hydrogen-bond acceptors (Lipinski definition) is 3. The number of carbonyl (C=O) groups excluding carboxylic acids is 2. The summed E-state index contributed by atoms with van der Waals surface area (Å²) in [6.45, 7) is 0. The Morgan fingerprint density at radius 3 is 2.29 bits per heavy atom. The monoisotopic (exact) mass is 189 g/mol. The smallest absolute Gasteiger partial charge is 0.250 e. The fourth-order valence-corrected chi connectivity index (χ4v) is 1.12. The SMILES string of the molecule is N#Cc1cccc(C(N)=O)c1C(N)=O. The molecule has 0 aromatic heterocycles. The van der Waals surface area contributed by atoms with Gasteiger partial charge in [0.15, 0.2) is 0 Å². The number of hydrogen-bond donors (Lipinski definition) is 2. The van der Waals surface area contributed by atoms with Gasteiger partial charge in [0.05, 0.1) is 22.8 Å². The summed E-state index contributed by atoms with van der Waals surface area (Å²) >= 11 is 0. The van der Waals surface area contributed by atoms with E-state index in [1.54, 1.807) is 6.07 Å². The fourth-order valence-electron chi connectivity index (χ4n) is 1.12. The Morgan fingerprint density at radius 1 is 1.21 bits per heavy atom. The first-order valence-electron chi connectivity index (χ1n) is 3.70. The first-order chi connectivity index (χ1) is 6.57. The number of amides is 2. The molecule has 0 saturated heterocycles. The predicted molar refractivity (Wildman–Crippen MR) is 48.2 cm³/mol. The van der Waals surface area contributed by atoms with Crippen LogP contribution in [0.4, 0.5) is 0 Å². The molecule has 0 saturated carbocycles. The topological polar surface area (TPSA) is 110 Å². The summed E-state index contributed by atoms with van der Waals surface area (Å²) < 4.78 is 0. The maximum Gasteiger partial charge on any atom is 0.250 e. The zero-order chi connectivity index (χ0) is 10.7. The standard InChI is InChI=1S/C9H7N3O2/c10-4-5-2-1-3-6(8(11)13)7(5)9(12)14/h1-3H,(H2,11,13)(H2,12,14). The highest BCUT2D eigenvalue weighted by atomic mass is 16.2. The quantitative estimate of drug-likeness (QED) is 0.669. The van der Waals surface area contributed by atoms with E-state index in [1.807, 2.05) is 0 Å². The van der Waals surface area contributed by atoms with E-state index in [2.05, 4.69) is 0 Å². The summed E-state index contributed by atoms with van der Waals surface area (Å²) in [6.07, 6.45) is 0. The Bertz CT molecular complexity index is 446. The second-order valence-electron chi connectivity index (χ2n) is 2.57. The molecular weight excluding hydrogens is 182 g/mol. The largest absolute Gasteiger partial charge is 0.366 e. The molecule has 5 nitrogen and oxygen atoms in total. The third-order valence-corrected chi connectivity index (χ3v) is 1.70. The van der Waals surface area contributed by atoms with Crippen LogP contribution in [-0.4, -0.2) is 11.8 Å². The van der Waals surface area contributed by atoms with Crippen LogP contribution >= 0.6 is 0 Å². The maximum atomic E-state index is 11.0. The number of primary amides is 2. The number of rotatable bonds is 2. The fraction of sp³-hybridized carbons (Fsp3) is 0. The summed E-state index contributed by atoms with van der Waals surface area (Å²) in [5.74, 6) is -1.62. The number of nitrogens with two attached hydrogens (primary N) is 2. The first kappa shape index (κ1) is 9.74. The average molecular weight is 189 g/mol. The van der Waals surface area contributed by atoms with Crippen LogP contribution in [-0.2, 0) is 0 Å². The van der Waals surface area contributed by atoms with Crippen molar-refractivity contribution in [3.8, 4) is 6.07 Å². The molecule has 0 aliphatic rings. The van der Waals surface area contributed by atoms with Gasteiger partial charge in [0, 0.05) is 0 Å². The molecule has 70 valence electrons. The lowest BCUT2D eigenvalue weighted by Gasteiger charge is -2.03. The summed E-state index contributed by atoms with van der Waals surface area (Å²) in [7, 11) is 0. The Balaban J connectivity index is 3.53. The molecule has 1 aromatic rings. The highest BCUT2D eigenvalue weighted by molar-refractivity contribution is 6.07. The van der Waals surface area contributed by atoms with Gasteiger partial charge in [-0.15, -0.1) is 0 Å². The molecule has 0 aliphatic carbocycles. The van der Waals surface area contributed by atoms with Crippen molar-refractivity contribution in [1.29, 1.82) is 5.26 Å². The van der Waals surface area contributed by atoms with Crippen LogP contribution in [0.3, 0.4) is 0 Å². The molecule has 5 heteroatoms. The molecule has 0 heterocycles. The maximum absolute atomic E-state index is 11.0. The average Bonchev–Trinajstić information content (AvgIpc) is 2.16. The van der Waals surface area contributed by atoms with Crippen molar-refractivity contribution in [3.63, 3.8) is 0 Å². The van der Waals surface area contributed by atoms with Gasteiger partial charge in [-0.3, -0.25) is 9.59 Å². The first-order valence-corrected chi connectivity index (χ1v) is 3.70. The Hall–Kier alpha value is -2.35. The van der Waals surface area contributed by atoms with Gasteiger partial charge in [0.25, 0.3) is 5.91 Å². The Morgan fingerprint density at radius 2 is 1.86 bits per heavy atom. The summed E-state index contributed by atoms with van der Waals surface area (Å²) in [5, 5.41) is 8.66. The molecular formula is C9H7N3O2.